The molecule has 25 heavy (non-hydrogen) atoms. The van der Waals surface area contributed by atoms with Gasteiger partial charge in [-0.15, -0.1) is 0 Å². The van der Waals surface area contributed by atoms with Crippen molar-refractivity contribution < 1.29 is 27.4 Å². The van der Waals surface area contributed by atoms with Gasteiger partial charge < -0.3 is 9.47 Å². The van der Waals surface area contributed by atoms with Crippen molar-refractivity contribution in [3.63, 3.8) is 0 Å². The molecule has 0 heterocycles. The van der Waals surface area contributed by atoms with Crippen LogP contribution >= 0.6 is 12.2 Å². The monoisotopic (exact) mass is 372 g/mol. The molecule has 1 aromatic carbocycles. The molecular formula is C18H19F3O3S. The van der Waals surface area contributed by atoms with E-state index in [0.29, 0.717) is 23.3 Å². The number of ether oxygens (including phenoxy) is 2. The number of benzene rings is 1. The second-order valence-corrected chi connectivity index (χ2v) is 6.00. The minimum absolute atomic E-state index is 0.0629. The van der Waals surface area contributed by atoms with Crippen LogP contribution in [0.25, 0.3) is 6.08 Å². The number of unbranched alkanes of at least 4 members (excludes halogenated alkanes) is 1. The van der Waals surface area contributed by atoms with E-state index in [-0.39, 0.29) is 12.0 Å². The third kappa shape index (κ3) is 4.46. The summed E-state index contributed by atoms with van der Waals surface area (Å²) in [6.07, 6.45) is -1.51. The summed E-state index contributed by atoms with van der Waals surface area (Å²) in [6, 6.07) is 1.86. The van der Waals surface area contributed by atoms with Gasteiger partial charge in [-0.2, -0.15) is 13.2 Å². The topological polar surface area (TPSA) is 35.5 Å². The fraction of sp³-hybridized carbons (Fsp3) is 0.444. The molecule has 7 heteroatoms. The molecule has 1 unspecified atom stereocenters. The zero-order valence-electron chi connectivity index (χ0n) is 13.8. The number of hydrogen-bond donors (Lipinski definition) is 0. The van der Waals surface area contributed by atoms with Crippen LogP contribution < -0.4 is 4.74 Å². The average Bonchev–Trinajstić information content (AvgIpc) is 2.88. The summed E-state index contributed by atoms with van der Waals surface area (Å²) in [5.74, 6) is -0.181. The van der Waals surface area contributed by atoms with Crippen molar-refractivity contribution in [1.82, 2.24) is 0 Å². The molecule has 0 fully saturated rings. The zero-order valence-corrected chi connectivity index (χ0v) is 14.6. The van der Waals surface area contributed by atoms with Gasteiger partial charge in [0.05, 0.1) is 5.56 Å². The van der Waals surface area contributed by atoms with Crippen molar-refractivity contribution in [3.8, 4) is 5.75 Å². The first-order chi connectivity index (χ1) is 11.8. The normalized spacial score (nSPS) is 16.6. The maximum atomic E-state index is 12.6. The number of ketones is 1. The number of halogens is 3. The number of Topliss-reactive ketones (excluding diaryl/α,β-unsaturated/α-hetero) is 1. The number of aryl methyl sites for hydroxylation is 1. The number of hydrogen-bond acceptors (Lipinski definition) is 4. The van der Waals surface area contributed by atoms with Crippen LogP contribution in [0.4, 0.5) is 13.2 Å². The summed E-state index contributed by atoms with van der Waals surface area (Å²) in [6.45, 7) is 4.31. The lowest BCUT2D eigenvalue weighted by Gasteiger charge is -2.14. The van der Waals surface area contributed by atoms with Crippen molar-refractivity contribution in [1.29, 1.82) is 0 Å². The summed E-state index contributed by atoms with van der Waals surface area (Å²) in [4.78, 5) is 12.6. The van der Waals surface area contributed by atoms with Crippen molar-refractivity contribution in [2.45, 2.75) is 44.9 Å². The van der Waals surface area contributed by atoms with E-state index < -0.39 is 24.7 Å². The third-order valence-electron chi connectivity index (χ3n) is 4.06. The molecular weight excluding hydrogens is 353 g/mol. The van der Waals surface area contributed by atoms with Gasteiger partial charge in [0, 0.05) is 6.42 Å². The van der Waals surface area contributed by atoms with E-state index in [1.807, 2.05) is 13.0 Å². The molecule has 1 aliphatic rings. The fourth-order valence-corrected chi connectivity index (χ4v) is 3.05. The Labute approximate surface area is 149 Å². The van der Waals surface area contributed by atoms with E-state index in [1.54, 1.807) is 6.08 Å². The molecule has 2 rings (SSSR count). The molecule has 0 saturated heterocycles. The van der Waals surface area contributed by atoms with Crippen LogP contribution in [-0.2, 0) is 17.6 Å². The lowest BCUT2D eigenvalue weighted by Crippen LogP contribution is -2.27. The minimum Gasteiger partial charge on any atom is -0.453 e. The third-order valence-corrected chi connectivity index (χ3v) is 4.16. The second-order valence-electron chi connectivity index (χ2n) is 5.81. The molecule has 1 atom stereocenters. The summed E-state index contributed by atoms with van der Waals surface area (Å²) in [7, 11) is 0. The molecule has 3 nitrogen and oxygen atoms in total. The number of rotatable bonds is 8. The van der Waals surface area contributed by atoms with E-state index in [4.69, 9.17) is 21.7 Å². The molecule has 0 spiro atoms. The van der Waals surface area contributed by atoms with E-state index in [2.05, 4.69) is 6.58 Å². The highest BCUT2D eigenvalue weighted by Crippen LogP contribution is 2.39. The molecule has 0 bridgehead atoms. The van der Waals surface area contributed by atoms with Gasteiger partial charge >= 0.3 is 6.18 Å². The lowest BCUT2D eigenvalue weighted by molar-refractivity contribution is -0.179. The number of fused-ring (bicyclic) bond motifs is 1. The van der Waals surface area contributed by atoms with E-state index in [1.165, 1.54) is 0 Å². The molecule has 0 saturated carbocycles. The molecule has 0 radical (unpaired) electrons. The zero-order chi connectivity index (χ0) is 18.6. The van der Waals surface area contributed by atoms with Crippen molar-refractivity contribution in [2.75, 3.05) is 6.61 Å². The van der Waals surface area contributed by atoms with E-state index in [9.17, 15) is 18.0 Å². The summed E-state index contributed by atoms with van der Waals surface area (Å²) < 4.78 is 47.5. The summed E-state index contributed by atoms with van der Waals surface area (Å²) in [5.41, 5.74) is 3.41. The van der Waals surface area contributed by atoms with Crippen LogP contribution in [0.5, 0.6) is 5.75 Å². The Morgan fingerprint density at radius 3 is 2.72 bits per heavy atom. The SMILES string of the molecule is C=Cc1cc(CCCC)c(OC=S)c2c1CC(OCC(F)(F)F)C2=O. The van der Waals surface area contributed by atoms with Crippen molar-refractivity contribution in [2.24, 2.45) is 0 Å². The van der Waals surface area contributed by atoms with Gasteiger partial charge in [0.1, 0.15) is 18.5 Å². The highest BCUT2D eigenvalue weighted by atomic mass is 32.1. The van der Waals surface area contributed by atoms with Gasteiger partial charge in [-0.05, 0) is 47.8 Å². The quantitative estimate of drug-likeness (QED) is 0.620. The first-order valence-electron chi connectivity index (χ1n) is 7.96. The first kappa shape index (κ1) is 19.6. The molecule has 0 aromatic heterocycles. The minimum atomic E-state index is -4.49. The lowest BCUT2D eigenvalue weighted by atomic mass is 9.95. The maximum absolute atomic E-state index is 12.6. The maximum Gasteiger partial charge on any atom is 0.411 e. The molecule has 136 valence electrons. The van der Waals surface area contributed by atoms with Crippen LogP contribution in [0.1, 0.15) is 46.8 Å². The fourth-order valence-electron chi connectivity index (χ4n) is 2.95. The Kier molecular flexibility index (Phi) is 6.35. The van der Waals surface area contributed by atoms with Crippen LogP contribution in [0.15, 0.2) is 12.6 Å². The first-order valence-corrected chi connectivity index (χ1v) is 8.43. The average molecular weight is 372 g/mol. The number of carbonyl (C=O) groups excluding carboxylic acids is 1. The smallest absolute Gasteiger partial charge is 0.411 e. The van der Waals surface area contributed by atoms with Gasteiger partial charge in [-0.25, -0.2) is 0 Å². The predicted molar refractivity (Wildman–Crippen MR) is 93.3 cm³/mol. The number of carbonyl (C=O) groups is 1. The van der Waals surface area contributed by atoms with E-state index >= 15 is 0 Å². The Balaban J connectivity index is 2.43. The molecule has 0 N–H and O–H groups in total. The Bertz CT molecular complexity index is 683. The summed E-state index contributed by atoms with van der Waals surface area (Å²) >= 11 is 4.75. The predicted octanol–water partition coefficient (Wildman–Crippen LogP) is 4.69. The Hall–Kier alpha value is -1.73. The van der Waals surface area contributed by atoms with Gasteiger partial charge in [0.25, 0.3) is 0 Å². The Morgan fingerprint density at radius 1 is 1.44 bits per heavy atom. The highest BCUT2D eigenvalue weighted by Gasteiger charge is 2.39. The van der Waals surface area contributed by atoms with Crippen LogP contribution in [-0.4, -0.2) is 30.2 Å². The largest absolute Gasteiger partial charge is 0.453 e. The number of thiocarbonyl (C=S) groups is 1. The number of alkyl halides is 3. The second kappa shape index (κ2) is 8.10. The standard InChI is InChI=1S/C18H19F3O3S/c1-3-5-6-12-7-11(4-2)13-8-14(23-9-18(19,20)21)16(22)15(13)17(12)24-10-25/h4,7,10,14H,2-3,5-6,8-9H2,1H3. The van der Waals surface area contributed by atoms with E-state index in [0.717, 1.165) is 24.0 Å². The summed E-state index contributed by atoms with van der Waals surface area (Å²) in [5, 5.41) is 0. The molecule has 1 aliphatic carbocycles. The van der Waals surface area contributed by atoms with Crippen LogP contribution in [0, 0.1) is 0 Å². The van der Waals surface area contributed by atoms with Gasteiger partial charge in [-0.1, -0.05) is 26.0 Å². The molecule has 1 aromatic rings. The van der Waals surface area contributed by atoms with Crippen LogP contribution in [0.3, 0.4) is 0 Å². The van der Waals surface area contributed by atoms with Gasteiger partial charge in [0.15, 0.2) is 11.3 Å². The van der Waals surface area contributed by atoms with Crippen molar-refractivity contribution in [3.05, 3.63) is 34.9 Å². The van der Waals surface area contributed by atoms with Crippen molar-refractivity contribution >= 4 is 29.6 Å². The molecule has 0 aliphatic heterocycles. The highest BCUT2D eigenvalue weighted by molar-refractivity contribution is 7.78. The molecule has 0 amide bonds. The van der Waals surface area contributed by atoms with Crippen LogP contribution in [0.2, 0.25) is 0 Å². The Morgan fingerprint density at radius 2 is 2.16 bits per heavy atom. The van der Waals surface area contributed by atoms with Gasteiger partial charge in [0.2, 0.25) is 0 Å². The van der Waals surface area contributed by atoms with Gasteiger partial charge in [-0.3, -0.25) is 4.79 Å².